The highest BCUT2D eigenvalue weighted by Crippen LogP contribution is 2.34. The first kappa shape index (κ1) is 29.1. The average Bonchev–Trinajstić information content (AvgIpc) is 3.66. The summed E-state index contributed by atoms with van der Waals surface area (Å²) in [6, 6.07) is 3.90. The van der Waals surface area contributed by atoms with Crippen LogP contribution in [0.5, 0.6) is 5.88 Å². The largest absolute Gasteiger partial charge is 0.474 e. The number of sulfonamides is 1. The van der Waals surface area contributed by atoms with Gasteiger partial charge in [-0.2, -0.15) is 4.98 Å². The molecule has 5 heterocycles. The molecule has 4 aromatic rings. The third kappa shape index (κ3) is 6.20. The summed E-state index contributed by atoms with van der Waals surface area (Å²) in [5.41, 5.74) is 1.34. The molecule has 0 unspecified atom stereocenters. The van der Waals surface area contributed by atoms with Gasteiger partial charge in [0, 0.05) is 50.8 Å². The normalized spacial score (nSPS) is 19.5. The number of anilines is 1. The van der Waals surface area contributed by atoms with Gasteiger partial charge in [-0.3, -0.25) is 9.78 Å². The number of hydrogen-bond acceptors (Lipinski definition) is 10. The van der Waals surface area contributed by atoms with E-state index in [1.165, 1.54) is 6.20 Å². The first-order valence-corrected chi connectivity index (χ1v) is 16.3. The minimum atomic E-state index is -3.91. The second-order valence-electron chi connectivity index (χ2n) is 11.2. The first-order chi connectivity index (χ1) is 20.7. The van der Waals surface area contributed by atoms with Crippen LogP contribution in [0.1, 0.15) is 53.6 Å². The average molecular weight is 609 g/mol. The minimum Gasteiger partial charge on any atom is -0.474 e. The van der Waals surface area contributed by atoms with Crippen molar-refractivity contribution in [2.45, 2.75) is 51.3 Å². The van der Waals surface area contributed by atoms with Gasteiger partial charge in [-0.15, -0.1) is 0 Å². The van der Waals surface area contributed by atoms with Gasteiger partial charge in [0.1, 0.15) is 17.7 Å². The molecule has 0 bridgehead atoms. The summed E-state index contributed by atoms with van der Waals surface area (Å²) in [5.74, 6) is 1.15. The van der Waals surface area contributed by atoms with Gasteiger partial charge in [-0.05, 0) is 38.7 Å². The molecule has 43 heavy (non-hydrogen) atoms. The van der Waals surface area contributed by atoms with Crippen LogP contribution < -0.4 is 9.64 Å². The highest BCUT2D eigenvalue weighted by atomic mass is 32.2. The number of pyridine rings is 2. The molecule has 14 heteroatoms. The number of morpholine rings is 1. The SMILES string of the molecule is Cc1ncc(CN(C(=O)c2cnc3cc(N4CCOCC4)nc(OC4CCC(n5ccnc5)CC4)c3c2)S(C)(=O)=O)n1C. The van der Waals surface area contributed by atoms with Crippen LogP contribution in [-0.4, -0.2) is 86.4 Å². The minimum absolute atomic E-state index is 0.0598. The number of ether oxygens (including phenoxy) is 2. The molecule has 228 valence electrons. The third-order valence-corrected chi connectivity index (χ3v) is 9.43. The molecule has 13 nitrogen and oxygen atoms in total. The summed E-state index contributed by atoms with van der Waals surface area (Å²) in [7, 11) is -2.12. The second-order valence-corrected chi connectivity index (χ2v) is 13.1. The maximum atomic E-state index is 13.7. The molecule has 0 spiro atoms. The van der Waals surface area contributed by atoms with Crippen LogP contribution in [0, 0.1) is 6.92 Å². The van der Waals surface area contributed by atoms with Crippen LogP contribution >= 0.6 is 0 Å². The Morgan fingerprint density at radius 3 is 2.53 bits per heavy atom. The van der Waals surface area contributed by atoms with Gasteiger partial charge in [0.25, 0.3) is 5.91 Å². The van der Waals surface area contributed by atoms with Gasteiger partial charge >= 0.3 is 0 Å². The lowest BCUT2D eigenvalue weighted by Crippen LogP contribution is -2.37. The number of carbonyl (C=O) groups is 1. The van der Waals surface area contributed by atoms with Crippen LogP contribution in [0.2, 0.25) is 0 Å². The molecule has 0 radical (unpaired) electrons. The van der Waals surface area contributed by atoms with Crippen molar-refractivity contribution in [1.82, 2.24) is 33.4 Å². The summed E-state index contributed by atoms with van der Waals surface area (Å²) in [5, 5.41) is 0.560. The lowest BCUT2D eigenvalue weighted by Gasteiger charge is -2.31. The topological polar surface area (TPSA) is 138 Å². The first-order valence-electron chi connectivity index (χ1n) is 14.4. The zero-order chi connectivity index (χ0) is 30.1. The quantitative estimate of drug-likeness (QED) is 0.294. The number of imidazole rings is 2. The van der Waals surface area contributed by atoms with Crippen LogP contribution in [0.25, 0.3) is 10.9 Å². The van der Waals surface area contributed by atoms with E-state index in [4.69, 9.17) is 14.5 Å². The van der Waals surface area contributed by atoms with Gasteiger partial charge < -0.3 is 23.5 Å². The second kappa shape index (κ2) is 11.9. The molecule has 6 rings (SSSR count). The summed E-state index contributed by atoms with van der Waals surface area (Å²) < 4.78 is 42.4. The zero-order valence-electron chi connectivity index (χ0n) is 24.6. The third-order valence-electron chi connectivity index (χ3n) is 8.33. The molecular weight excluding hydrogens is 572 g/mol. The van der Waals surface area contributed by atoms with E-state index in [1.807, 2.05) is 25.5 Å². The van der Waals surface area contributed by atoms with Gasteiger partial charge in [0.05, 0.1) is 60.7 Å². The molecule has 0 N–H and O–H groups in total. The molecule has 1 aliphatic carbocycles. The van der Waals surface area contributed by atoms with E-state index in [9.17, 15) is 13.2 Å². The van der Waals surface area contributed by atoms with Crippen molar-refractivity contribution in [3.05, 3.63) is 60.3 Å². The Morgan fingerprint density at radius 2 is 1.88 bits per heavy atom. The van der Waals surface area contributed by atoms with Crippen LogP contribution in [0.4, 0.5) is 5.82 Å². The molecule has 2 fully saturated rings. The Labute approximate surface area is 250 Å². The number of nitrogens with zero attached hydrogens (tertiary/aromatic N) is 8. The van der Waals surface area contributed by atoms with Crippen molar-refractivity contribution in [1.29, 1.82) is 0 Å². The lowest BCUT2D eigenvalue weighted by atomic mass is 9.93. The Kier molecular flexibility index (Phi) is 8.05. The number of aromatic nitrogens is 6. The maximum absolute atomic E-state index is 13.7. The number of fused-ring (bicyclic) bond motifs is 1. The fraction of sp³-hybridized carbons (Fsp3) is 0.483. The zero-order valence-corrected chi connectivity index (χ0v) is 25.4. The highest BCUT2D eigenvalue weighted by Gasteiger charge is 2.29. The smallest absolute Gasteiger partial charge is 0.269 e. The van der Waals surface area contributed by atoms with Crippen molar-refractivity contribution < 1.29 is 22.7 Å². The summed E-state index contributed by atoms with van der Waals surface area (Å²) in [6.07, 6.45) is 13.2. The molecule has 0 aromatic carbocycles. The maximum Gasteiger partial charge on any atom is 0.269 e. The number of hydrogen-bond donors (Lipinski definition) is 0. The fourth-order valence-electron chi connectivity index (χ4n) is 5.67. The predicted octanol–water partition coefficient (Wildman–Crippen LogP) is 2.87. The van der Waals surface area contributed by atoms with Crippen molar-refractivity contribution in [2.24, 2.45) is 7.05 Å². The van der Waals surface area contributed by atoms with E-state index < -0.39 is 15.9 Å². The van der Waals surface area contributed by atoms with Crippen molar-refractivity contribution >= 4 is 32.7 Å². The number of amides is 1. The standard InChI is InChI=1S/C29H36N8O5S/c1-20-31-17-23(34(20)2)18-37(43(3,39)40)29(38)21-14-25-26(32-16-21)15-27(35-10-12-41-13-11-35)33-28(25)42-24-6-4-22(5-7-24)36-9-8-30-19-36/h8-9,14-17,19,22,24H,4-7,10-13,18H2,1-3H3. The van der Waals surface area contributed by atoms with Crippen LogP contribution in [0.15, 0.2) is 43.2 Å². The molecule has 2 aliphatic rings. The van der Waals surface area contributed by atoms with E-state index in [-0.39, 0.29) is 18.2 Å². The van der Waals surface area contributed by atoms with Gasteiger partial charge in [-0.25, -0.2) is 22.7 Å². The molecule has 1 saturated heterocycles. The number of carbonyl (C=O) groups excluding carboxylic acids is 1. The van der Waals surface area contributed by atoms with Crippen molar-refractivity contribution in [2.75, 3.05) is 37.5 Å². The van der Waals surface area contributed by atoms with Gasteiger partial charge in [0.15, 0.2) is 0 Å². The highest BCUT2D eigenvalue weighted by molar-refractivity contribution is 7.88. The summed E-state index contributed by atoms with van der Waals surface area (Å²) in [6.45, 7) is 4.26. The number of rotatable bonds is 8. The van der Waals surface area contributed by atoms with E-state index >= 15 is 0 Å². The lowest BCUT2D eigenvalue weighted by molar-refractivity contribution is 0.0853. The molecule has 1 saturated carbocycles. The van der Waals surface area contributed by atoms with Crippen molar-refractivity contribution in [3.63, 3.8) is 0 Å². The van der Waals surface area contributed by atoms with E-state index in [1.54, 1.807) is 30.1 Å². The number of aryl methyl sites for hydroxylation is 1. The Morgan fingerprint density at radius 1 is 1.12 bits per heavy atom. The van der Waals surface area contributed by atoms with Gasteiger partial charge in [-0.1, -0.05) is 0 Å². The van der Waals surface area contributed by atoms with E-state index in [2.05, 4.69) is 24.4 Å². The molecule has 0 atom stereocenters. The molecule has 1 aliphatic heterocycles. The monoisotopic (exact) mass is 608 g/mol. The van der Waals surface area contributed by atoms with Crippen LogP contribution in [-0.2, 0) is 28.4 Å². The Balaban J connectivity index is 1.32. The summed E-state index contributed by atoms with van der Waals surface area (Å²) >= 11 is 0. The molecule has 4 aromatic heterocycles. The predicted molar refractivity (Wildman–Crippen MR) is 159 cm³/mol. The van der Waals surface area contributed by atoms with Crippen molar-refractivity contribution in [3.8, 4) is 5.88 Å². The Hall–Kier alpha value is -4.04. The van der Waals surface area contributed by atoms with E-state index in [0.29, 0.717) is 60.6 Å². The molecule has 1 amide bonds. The summed E-state index contributed by atoms with van der Waals surface area (Å²) in [4.78, 5) is 33.8. The van der Waals surface area contributed by atoms with E-state index in [0.717, 1.165) is 42.1 Å². The van der Waals surface area contributed by atoms with Crippen LogP contribution in [0.3, 0.4) is 0 Å². The fourth-order valence-corrected chi connectivity index (χ4v) is 6.45. The Bertz CT molecular complexity index is 1710. The molecular formula is C29H36N8O5S. The van der Waals surface area contributed by atoms with Gasteiger partial charge in [0.2, 0.25) is 15.9 Å².